The molecule has 4 heteroatoms. The molecule has 1 atom stereocenters. The van der Waals surface area contributed by atoms with Gasteiger partial charge < -0.3 is 9.63 Å². The highest BCUT2D eigenvalue weighted by atomic mass is 16.5. The molecule has 0 bridgehead atoms. The second-order valence-electron chi connectivity index (χ2n) is 6.46. The number of benzene rings is 1. The summed E-state index contributed by atoms with van der Waals surface area (Å²) in [4.78, 5) is 2.49. The van der Waals surface area contributed by atoms with Gasteiger partial charge in [-0.3, -0.25) is 4.90 Å². The van der Waals surface area contributed by atoms with Crippen LogP contribution in [0.3, 0.4) is 0 Å². The summed E-state index contributed by atoms with van der Waals surface area (Å²) in [5.41, 5.74) is 5.08. The van der Waals surface area contributed by atoms with Gasteiger partial charge in [-0.05, 0) is 50.7 Å². The molecular weight excluding hydrogens is 288 g/mol. The first kappa shape index (κ1) is 16.2. The van der Waals surface area contributed by atoms with E-state index in [4.69, 9.17) is 4.52 Å². The Kier molecular flexibility index (Phi) is 5.13. The molecule has 4 nitrogen and oxygen atoms in total. The van der Waals surface area contributed by atoms with Gasteiger partial charge in [0.25, 0.3) is 0 Å². The van der Waals surface area contributed by atoms with E-state index in [2.05, 4.69) is 34.3 Å². The molecule has 1 N–H and O–H groups in total. The number of aliphatic hydroxyl groups excluding tert-OH is 1. The normalized spacial score (nSPS) is 17.5. The lowest BCUT2D eigenvalue weighted by Crippen LogP contribution is -2.32. The smallest absolute Gasteiger partial charge is 0.138 e. The Morgan fingerprint density at radius 2 is 2.13 bits per heavy atom. The van der Waals surface area contributed by atoms with Crippen molar-refractivity contribution in [3.05, 3.63) is 52.4 Å². The van der Waals surface area contributed by atoms with Crippen molar-refractivity contribution < 1.29 is 9.63 Å². The lowest BCUT2D eigenvalue weighted by molar-refractivity contribution is 0.151. The zero-order valence-corrected chi connectivity index (χ0v) is 14.1. The summed E-state index contributed by atoms with van der Waals surface area (Å²) in [6.07, 6.45) is 4.36. The maximum atomic E-state index is 9.29. The van der Waals surface area contributed by atoms with E-state index in [0.29, 0.717) is 6.04 Å². The first-order valence-electron chi connectivity index (χ1n) is 8.55. The molecule has 1 unspecified atom stereocenters. The van der Waals surface area contributed by atoms with Crippen LogP contribution in [0.1, 0.15) is 53.4 Å². The minimum Gasteiger partial charge on any atom is -0.396 e. The van der Waals surface area contributed by atoms with Crippen LogP contribution in [0.4, 0.5) is 0 Å². The van der Waals surface area contributed by atoms with Crippen molar-refractivity contribution in [3.63, 3.8) is 0 Å². The van der Waals surface area contributed by atoms with Crippen LogP contribution in [0.25, 0.3) is 0 Å². The average molecular weight is 314 g/mol. The molecule has 124 valence electrons. The number of hydrogen-bond acceptors (Lipinski definition) is 4. The molecule has 0 radical (unpaired) electrons. The molecule has 0 aliphatic heterocycles. The van der Waals surface area contributed by atoms with Crippen LogP contribution >= 0.6 is 0 Å². The fourth-order valence-corrected chi connectivity index (χ4v) is 3.66. The quantitative estimate of drug-likeness (QED) is 0.886. The van der Waals surface area contributed by atoms with Crippen molar-refractivity contribution in [3.8, 4) is 0 Å². The fraction of sp³-hybridized carbons (Fsp3) is 0.526. The number of nitrogens with zero attached hydrogens (tertiary/aromatic N) is 2. The minimum absolute atomic E-state index is 0.229. The van der Waals surface area contributed by atoms with Gasteiger partial charge in [-0.15, -0.1) is 0 Å². The zero-order valence-electron chi connectivity index (χ0n) is 14.1. The molecular formula is C19H26N2O2. The van der Waals surface area contributed by atoms with E-state index in [-0.39, 0.29) is 6.61 Å². The van der Waals surface area contributed by atoms with E-state index in [9.17, 15) is 5.11 Å². The topological polar surface area (TPSA) is 49.5 Å². The van der Waals surface area contributed by atoms with Gasteiger partial charge in [-0.1, -0.05) is 29.4 Å². The summed E-state index contributed by atoms with van der Waals surface area (Å²) in [6, 6.07) is 9.20. The largest absolute Gasteiger partial charge is 0.396 e. The van der Waals surface area contributed by atoms with E-state index < -0.39 is 0 Å². The Morgan fingerprint density at radius 3 is 2.87 bits per heavy atom. The van der Waals surface area contributed by atoms with E-state index in [0.717, 1.165) is 31.0 Å². The number of aliphatic hydroxyl groups is 1. The van der Waals surface area contributed by atoms with Gasteiger partial charge in [-0.25, -0.2) is 0 Å². The van der Waals surface area contributed by atoms with Crippen LogP contribution in [0.5, 0.6) is 0 Å². The summed E-state index contributed by atoms with van der Waals surface area (Å²) >= 11 is 0. The van der Waals surface area contributed by atoms with Crippen molar-refractivity contribution in [1.29, 1.82) is 0 Å². The second kappa shape index (κ2) is 7.28. The maximum Gasteiger partial charge on any atom is 0.138 e. The van der Waals surface area contributed by atoms with Crippen molar-refractivity contribution in [1.82, 2.24) is 10.1 Å². The third kappa shape index (κ3) is 3.48. The Bertz CT molecular complexity index is 631. The molecule has 1 heterocycles. The van der Waals surface area contributed by atoms with Gasteiger partial charge >= 0.3 is 0 Å². The van der Waals surface area contributed by atoms with Crippen LogP contribution in [-0.4, -0.2) is 28.3 Å². The van der Waals surface area contributed by atoms with Gasteiger partial charge in [0.15, 0.2) is 0 Å². The van der Waals surface area contributed by atoms with Crippen molar-refractivity contribution in [2.45, 2.75) is 52.1 Å². The number of rotatable bonds is 6. The van der Waals surface area contributed by atoms with Crippen molar-refractivity contribution in [2.24, 2.45) is 0 Å². The van der Waals surface area contributed by atoms with Gasteiger partial charge in [0.2, 0.25) is 0 Å². The fourth-order valence-electron chi connectivity index (χ4n) is 3.66. The predicted molar refractivity (Wildman–Crippen MR) is 90.2 cm³/mol. The molecule has 0 saturated heterocycles. The number of aromatic nitrogens is 1. The van der Waals surface area contributed by atoms with E-state index >= 15 is 0 Å². The second-order valence-corrected chi connectivity index (χ2v) is 6.46. The molecule has 2 aromatic rings. The van der Waals surface area contributed by atoms with Gasteiger partial charge in [0.1, 0.15) is 5.76 Å². The lowest BCUT2D eigenvalue weighted by Gasteiger charge is -2.36. The van der Waals surface area contributed by atoms with Gasteiger partial charge in [-0.2, -0.15) is 0 Å². The summed E-state index contributed by atoms with van der Waals surface area (Å²) in [5.74, 6) is 0.903. The third-order valence-corrected chi connectivity index (χ3v) is 4.92. The van der Waals surface area contributed by atoms with Gasteiger partial charge in [0, 0.05) is 31.3 Å². The highest BCUT2D eigenvalue weighted by Gasteiger charge is 2.27. The predicted octanol–water partition coefficient (Wildman–Crippen LogP) is 3.55. The monoisotopic (exact) mass is 314 g/mol. The average Bonchev–Trinajstić information content (AvgIpc) is 2.89. The molecule has 3 rings (SSSR count). The van der Waals surface area contributed by atoms with Gasteiger partial charge in [0.05, 0.1) is 5.69 Å². The highest BCUT2D eigenvalue weighted by Crippen LogP contribution is 2.35. The Balaban J connectivity index is 1.88. The maximum absolute atomic E-state index is 9.29. The number of hydrogen-bond donors (Lipinski definition) is 1. The standard InChI is InChI=1S/C19H26N2O2/c1-14-18(15(2)23-20-14)13-21(11-6-12-22)19-10-5-8-16-7-3-4-9-17(16)19/h3-4,7,9,19,22H,5-6,8,10-13H2,1-2H3. The number of aryl methyl sites for hydroxylation is 3. The highest BCUT2D eigenvalue weighted by molar-refractivity contribution is 5.32. The molecule has 1 aromatic heterocycles. The van der Waals surface area contributed by atoms with Crippen LogP contribution in [-0.2, 0) is 13.0 Å². The molecule has 23 heavy (non-hydrogen) atoms. The minimum atomic E-state index is 0.229. The molecule has 0 amide bonds. The molecule has 1 aliphatic rings. The van der Waals surface area contributed by atoms with Crippen LogP contribution in [0.15, 0.2) is 28.8 Å². The summed E-state index contributed by atoms with van der Waals surface area (Å²) < 4.78 is 5.33. The SMILES string of the molecule is Cc1noc(C)c1CN(CCCO)C1CCCc2ccccc21. The van der Waals surface area contributed by atoms with E-state index in [1.54, 1.807) is 0 Å². The summed E-state index contributed by atoms with van der Waals surface area (Å²) in [6.45, 7) is 5.94. The summed E-state index contributed by atoms with van der Waals surface area (Å²) in [7, 11) is 0. The first-order valence-corrected chi connectivity index (χ1v) is 8.55. The molecule has 0 spiro atoms. The van der Waals surface area contributed by atoms with Crippen molar-refractivity contribution in [2.75, 3.05) is 13.2 Å². The van der Waals surface area contributed by atoms with Crippen LogP contribution < -0.4 is 0 Å². The third-order valence-electron chi connectivity index (χ3n) is 4.92. The summed E-state index contributed by atoms with van der Waals surface area (Å²) in [5, 5.41) is 13.4. The number of fused-ring (bicyclic) bond motifs is 1. The molecule has 1 aromatic carbocycles. The van der Waals surface area contributed by atoms with Crippen molar-refractivity contribution >= 4 is 0 Å². The molecule has 1 aliphatic carbocycles. The van der Waals surface area contributed by atoms with Crippen LogP contribution in [0, 0.1) is 13.8 Å². The Labute approximate surface area is 138 Å². The molecule has 0 saturated carbocycles. The molecule has 0 fully saturated rings. The first-order chi connectivity index (χ1) is 11.2. The Morgan fingerprint density at radius 1 is 1.30 bits per heavy atom. The van der Waals surface area contributed by atoms with Crippen LogP contribution in [0.2, 0.25) is 0 Å². The lowest BCUT2D eigenvalue weighted by atomic mass is 9.86. The zero-order chi connectivity index (χ0) is 16.2. The van der Waals surface area contributed by atoms with E-state index in [1.165, 1.54) is 36.0 Å². The van der Waals surface area contributed by atoms with E-state index in [1.807, 2.05) is 13.8 Å². The Hall–Kier alpha value is -1.65.